The summed E-state index contributed by atoms with van der Waals surface area (Å²) in [6.07, 6.45) is -0.877. The van der Waals surface area contributed by atoms with E-state index in [1.54, 1.807) is 0 Å². The van der Waals surface area contributed by atoms with Crippen LogP contribution in [0.5, 0.6) is 11.5 Å². The van der Waals surface area contributed by atoms with Crippen molar-refractivity contribution in [2.45, 2.75) is 43.5 Å². The van der Waals surface area contributed by atoms with Crippen LogP contribution < -0.4 is 24.7 Å². The number of hydrogen-bond acceptors (Lipinski definition) is 10. The third-order valence-electron chi connectivity index (χ3n) is 7.95. The first-order valence-electron chi connectivity index (χ1n) is 13.9. The van der Waals surface area contributed by atoms with E-state index in [0.29, 0.717) is 5.56 Å². The topological polar surface area (TPSA) is 129 Å². The minimum absolute atomic E-state index is 0.0386. The summed E-state index contributed by atoms with van der Waals surface area (Å²) in [5.41, 5.74) is 0.297. The highest BCUT2D eigenvalue weighted by Crippen LogP contribution is 2.40. The summed E-state index contributed by atoms with van der Waals surface area (Å²) in [4.78, 5) is 27.5. The number of nitrogens with zero attached hydrogens (tertiary/aromatic N) is 3. The lowest BCUT2D eigenvalue weighted by Crippen LogP contribution is -2.59. The van der Waals surface area contributed by atoms with Crippen molar-refractivity contribution in [3.05, 3.63) is 70.1 Å². The van der Waals surface area contributed by atoms with Gasteiger partial charge in [0.1, 0.15) is 0 Å². The Labute approximate surface area is 255 Å². The van der Waals surface area contributed by atoms with Crippen LogP contribution in [0.4, 0.5) is 8.78 Å². The van der Waals surface area contributed by atoms with Crippen molar-refractivity contribution < 1.29 is 47.2 Å². The van der Waals surface area contributed by atoms with E-state index in [2.05, 4.69) is 9.85 Å². The van der Waals surface area contributed by atoms with Gasteiger partial charge in [-0.1, -0.05) is 23.9 Å². The molecule has 0 aliphatic carbocycles. The normalized spacial score (nSPS) is 17.3. The summed E-state index contributed by atoms with van der Waals surface area (Å²) in [5.74, 6) is -5.62. The predicted octanol–water partition coefficient (Wildman–Crippen LogP) is 1.81. The second kappa shape index (κ2) is 11.4. The summed E-state index contributed by atoms with van der Waals surface area (Å²) >= 11 is 1.38. The minimum atomic E-state index is -1.41. The lowest BCUT2D eigenvalue weighted by Gasteiger charge is -2.37. The fourth-order valence-electron chi connectivity index (χ4n) is 5.54. The lowest BCUT2D eigenvalue weighted by atomic mass is 9.89. The SMILES string of the molecule is COC(=O)CC(C)(C)C(=O)Oc1c([O-])cc(-c2cc(F)c(F)c3c2Cc2ccccc2SC3)[n+]2c1=C([O-])N1CCOC[C@H]1N=2. The molecular weight excluding hydrogens is 596 g/mol. The molecule has 1 atom stereocenters. The van der Waals surface area contributed by atoms with Gasteiger partial charge >= 0.3 is 11.9 Å². The first-order chi connectivity index (χ1) is 21.0. The number of thioether (sulfide) groups is 1. The number of pyridine rings is 1. The number of benzene rings is 2. The highest BCUT2D eigenvalue weighted by atomic mass is 32.2. The molecule has 10 nitrogen and oxygen atoms in total. The van der Waals surface area contributed by atoms with E-state index < -0.39 is 52.5 Å². The number of esters is 2. The van der Waals surface area contributed by atoms with Crippen LogP contribution in [0.3, 0.4) is 0 Å². The Kier molecular flexibility index (Phi) is 7.70. The summed E-state index contributed by atoms with van der Waals surface area (Å²) < 4.78 is 47.4. The number of aromatic nitrogens is 1. The first-order valence-corrected chi connectivity index (χ1v) is 14.9. The minimum Gasteiger partial charge on any atom is -0.870 e. The molecule has 0 spiro atoms. The molecule has 0 bridgehead atoms. The maximum atomic E-state index is 15.3. The first kappa shape index (κ1) is 29.8. The number of carbonyl (C=O) groups excluding carboxylic acids is 2. The lowest BCUT2D eigenvalue weighted by molar-refractivity contribution is -0.569. The smallest absolute Gasteiger partial charge is 0.317 e. The monoisotopic (exact) mass is 624 g/mol. The maximum absolute atomic E-state index is 15.3. The molecule has 3 aromatic rings. The fraction of sp³-hybridized carbons (Fsp3) is 0.355. The molecule has 4 heterocycles. The fourth-order valence-corrected chi connectivity index (χ4v) is 6.64. The molecule has 1 saturated heterocycles. The van der Waals surface area contributed by atoms with Crippen LogP contribution in [0, 0.1) is 17.0 Å². The molecule has 2 aromatic carbocycles. The Bertz CT molecular complexity index is 1830. The van der Waals surface area contributed by atoms with Gasteiger partial charge in [-0.3, -0.25) is 9.59 Å². The van der Waals surface area contributed by atoms with Crippen LogP contribution in [0.2, 0.25) is 0 Å². The van der Waals surface area contributed by atoms with Crippen molar-refractivity contribution in [3.8, 4) is 22.8 Å². The Morgan fingerprint density at radius 1 is 1.20 bits per heavy atom. The van der Waals surface area contributed by atoms with Crippen LogP contribution in [-0.2, 0) is 31.2 Å². The van der Waals surface area contributed by atoms with Gasteiger partial charge < -0.3 is 29.3 Å². The van der Waals surface area contributed by atoms with Crippen molar-refractivity contribution in [3.63, 3.8) is 0 Å². The van der Waals surface area contributed by atoms with Gasteiger partial charge in [-0.2, -0.15) is 0 Å². The Morgan fingerprint density at radius 3 is 2.75 bits per heavy atom. The number of morpholine rings is 1. The molecule has 0 N–H and O–H groups in total. The predicted molar refractivity (Wildman–Crippen MR) is 148 cm³/mol. The zero-order chi connectivity index (χ0) is 31.3. The zero-order valence-electron chi connectivity index (χ0n) is 24.1. The molecule has 3 aliphatic heterocycles. The average Bonchev–Trinajstić information content (AvgIpc) is 3.20. The number of rotatable bonds is 5. The van der Waals surface area contributed by atoms with Crippen LogP contribution in [-0.4, -0.2) is 49.9 Å². The molecule has 230 valence electrons. The molecule has 13 heteroatoms. The number of carbonyl (C=O) groups is 2. The van der Waals surface area contributed by atoms with E-state index in [-0.39, 0.29) is 60.5 Å². The highest BCUT2D eigenvalue weighted by Gasteiger charge is 2.38. The quantitative estimate of drug-likeness (QED) is 0.308. The summed E-state index contributed by atoms with van der Waals surface area (Å²) in [5, 5.41) is 32.0. The van der Waals surface area contributed by atoms with Gasteiger partial charge in [0.05, 0.1) is 37.7 Å². The van der Waals surface area contributed by atoms with Gasteiger partial charge in [0.2, 0.25) is 11.9 Å². The molecule has 1 fully saturated rings. The van der Waals surface area contributed by atoms with Gasteiger partial charge in [-0.15, -0.1) is 11.8 Å². The average molecular weight is 625 g/mol. The van der Waals surface area contributed by atoms with E-state index in [9.17, 15) is 19.8 Å². The summed E-state index contributed by atoms with van der Waals surface area (Å²) in [7, 11) is 1.18. The summed E-state index contributed by atoms with van der Waals surface area (Å²) in [6, 6.07) is 9.63. The van der Waals surface area contributed by atoms with Crippen LogP contribution in [0.1, 0.15) is 37.0 Å². The number of halogens is 2. The number of ether oxygens (including phenoxy) is 3. The Morgan fingerprint density at radius 2 is 1.98 bits per heavy atom. The highest BCUT2D eigenvalue weighted by molar-refractivity contribution is 7.98. The van der Waals surface area contributed by atoms with Crippen LogP contribution in [0.25, 0.3) is 17.1 Å². The molecule has 44 heavy (non-hydrogen) atoms. The largest absolute Gasteiger partial charge is 0.870 e. The van der Waals surface area contributed by atoms with Crippen LogP contribution >= 0.6 is 11.8 Å². The number of hydrogen-bond donors (Lipinski definition) is 0. The number of fused-ring (bicyclic) bond motifs is 4. The van der Waals surface area contributed by atoms with Gasteiger partial charge in [-0.05, 0) is 53.0 Å². The third-order valence-corrected chi connectivity index (χ3v) is 9.09. The van der Waals surface area contributed by atoms with Crippen molar-refractivity contribution in [2.75, 3.05) is 26.9 Å². The third kappa shape index (κ3) is 5.13. The molecule has 0 amide bonds. The maximum Gasteiger partial charge on any atom is 0.317 e. The molecule has 0 radical (unpaired) electrons. The number of methoxy groups -OCH3 is 1. The molecule has 0 unspecified atom stereocenters. The van der Waals surface area contributed by atoms with Gasteiger partial charge in [0.15, 0.2) is 17.4 Å². The van der Waals surface area contributed by atoms with Gasteiger partial charge in [-0.25, -0.2) is 8.78 Å². The van der Waals surface area contributed by atoms with Crippen molar-refractivity contribution in [2.24, 2.45) is 10.5 Å². The van der Waals surface area contributed by atoms with Crippen molar-refractivity contribution in [1.29, 1.82) is 0 Å². The molecule has 1 aromatic heterocycles. The summed E-state index contributed by atoms with van der Waals surface area (Å²) in [6.45, 7) is 3.36. The van der Waals surface area contributed by atoms with E-state index in [4.69, 9.17) is 9.47 Å². The molecule has 3 aliphatic rings. The van der Waals surface area contributed by atoms with E-state index in [1.165, 1.54) is 42.0 Å². The van der Waals surface area contributed by atoms with Gasteiger partial charge in [0, 0.05) is 34.7 Å². The van der Waals surface area contributed by atoms with E-state index in [1.807, 2.05) is 24.3 Å². The Hall–Kier alpha value is -4.23. The molecular formula is C31H28F2N3O7S-. The van der Waals surface area contributed by atoms with E-state index in [0.717, 1.165) is 22.6 Å². The van der Waals surface area contributed by atoms with Crippen LogP contribution in [0.15, 0.2) is 46.4 Å². The molecule has 0 saturated carbocycles. The second-order valence-corrected chi connectivity index (χ2v) is 12.3. The van der Waals surface area contributed by atoms with Crippen molar-refractivity contribution >= 4 is 29.6 Å². The van der Waals surface area contributed by atoms with Crippen molar-refractivity contribution in [1.82, 2.24) is 4.90 Å². The second-order valence-electron chi connectivity index (χ2n) is 11.3. The van der Waals surface area contributed by atoms with E-state index >= 15 is 8.78 Å². The molecule has 6 rings (SSSR count). The standard InChI is InChI=1S/C31H28F2N3O7S/c1-31(2,13-25(38)41-3)30(40)43-28-22(37)12-21(36-27(28)29(39)35-8-9-42-14-24(35)34-36)18-11-20(32)26(33)19-15-44-23-7-5-4-6-16(23)10-17(18)19/h4-7,11-12,24H,8-10,13-15H2,1-3H3/q-1/t24-/m0/s1. The van der Waals surface area contributed by atoms with Gasteiger partial charge in [0.25, 0.3) is 5.35 Å². The Balaban J connectivity index is 1.59. The zero-order valence-corrected chi connectivity index (χ0v) is 25.0.